The molecule has 1 aromatic rings. The first kappa shape index (κ1) is 15.2. The number of nitrogens with one attached hydrogen (secondary N) is 1. The Morgan fingerprint density at radius 1 is 1.53 bits per heavy atom. The predicted octanol–water partition coefficient (Wildman–Crippen LogP) is 0.775. The number of esters is 1. The zero-order chi connectivity index (χ0) is 14.1. The van der Waals surface area contributed by atoms with Crippen molar-refractivity contribution in [3.05, 3.63) is 21.9 Å². The maximum absolute atomic E-state index is 11.9. The van der Waals surface area contributed by atoms with E-state index >= 15 is 0 Å². The lowest BCUT2D eigenvalue weighted by atomic mass is 10.2. The highest BCUT2D eigenvalue weighted by atomic mass is 32.1. The van der Waals surface area contributed by atoms with Crippen molar-refractivity contribution in [3.8, 4) is 11.8 Å². The summed E-state index contributed by atoms with van der Waals surface area (Å²) in [5.41, 5.74) is 0.633. The molecule has 102 valence electrons. The quantitative estimate of drug-likeness (QED) is 0.617. The van der Waals surface area contributed by atoms with Gasteiger partial charge in [-0.1, -0.05) is 11.8 Å². The number of ether oxygens (including phenoxy) is 1. The van der Waals surface area contributed by atoms with E-state index in [2.05, 4.69) is 21.9 Å². The van der Waals surface area contributed by atoms with Gasteiger partial charge in [0.25, 0.3) is 5.91 Å². The SMILES string of the molecule is COC(=O)CCNC(=O)c1sccc1C#CCCO. The molecule has 6 heteroatoms. The third kappa shape index (κ3) is 5.12. The number of aliphatic hydroxyl groups excluding tert-OH is 1. The van der Waals surface area contributed by atoms with E-state index in [1.165, 1.54) is 18.4 Å². The normalized spacial score (nSPS) is 9.37. The van der Waals surface area contributed by atoms with Crippen LogP contribution >= 0.6 is 11.3 Å². The van der Waals surface area contributed by atoms with Crippen molar-refractivity contribution < 1.29 is 19.4 Å². The fourth-order valence-corrected chi connectivity index (χ4v) is 2.02. The van der Waals surface area contributed by atoms with Crippen LogP contribution in [0.5, 0.6) is 0 Å². The van der Waals surface area contributed by atoms with Crippen molar-refractivity contribution in [2.75, 3.05) is 20.3 Å². The van der Waals surface area contributed by atoms with Crippen LogP contribution in [0.4, 0.5) is 0 Å². The first-order valence-corrected chi connectivity index (χ1v) is 6.59. The summed E-state index contributed by atoms with van der Waals surface area (Å²) < 4.78 is 4.48. The molecule has 1 aromatic heterocycles. The Morgan fingerprint density at radius 2 is 2.32 bits per heavy atom. The van der Waals surface area contributed by atoms with Gasteiger partial charge in [-0.15, -0.1) is 11.3 Å². The van der Waals surface area contributed by atoms with Crippen molar-refractivity contribution in [2.24, 2.45) is 0 Å². The maximum Gasteiger partial charge on any atom is 0.307 e. The Kier molecular flexibility index (Phi) is 6.64. The van der Waals surface area contributed by atoms with Crippen LogP contribution in [0.25, 0.3) is 0 Å². The van der Waals surface area contributed by atoms with Gasteiger partial charge in [-0.25, -0.2) is 0 Å². The second-order valence-corrected chi connectivity index (χ2v) is 4.44. The van der Waals surface area contributed by atoms with E-state index in [9.17, 15) is 9.59 Å². The first-order chi connectivity index (χ1) is 9.19. The number of amides is 1. The molecule has 0 radical (unpaired) electrons. The maximum atomic E-state index is 11.9. The van der Waals surface area contributed by atoms with Crippen molar-refractivity contribution in [1.82, 2.24) is 5.32 Å². The number of methoxy groups -OCH3 is 1. The number of hydrogen-bond donors (Lipinski definition) is 2. The summed E-state index contributed by atoms with van der Waals surface area (Å²) in [5, 5.41) is 13.1. The first-order valence-electron chi connectivity index (χ1n) is 5.71. The second-order valence-electron chi connectivity index (χ2n) is 3.52. The molecule has 0 unspecified atom stereocenters. The fraction of sp³-hybridized carbons (Fsp3) is 0.385. The Labute approximate surface area is 115 Å². The molecule has 5 nitrogen and oxygen atoms in total. The highest BCUT2D eigenvalue weighted by Crippen LogP contribution is 2.15. The lowest BCUT2D eigenvalue weighted by Crippen LogP contribution is -2.26. The van der Waals surface area contributed by atoms with Gasteiger partial charge >= 0.3 is 5.97 Å². The molecule has 0 aromatic carbocycles. The van der Waals surface area contributed by atoms with Crippen molar-refractivity contribution >= 4 is 23.2 Å². The lowest BCUT2D eigenvalue weighted by molar-refractivity contribution is -0.140. The smallest absolute Gasteiger partial charge is 0.307 e. The van der Waals surface area contributed by atoms with E-state index in [4.69, 9.17) is 5.11 Å². The van der Waals surface area contributed by atoms with E-state index in [-0.39, 0.29) is 31.4 Å². The van der Waals surface area contributed by atoms with Crippen LogP contribution in [-0.2, 0) is 9.53 Å². The van der Waals surface area contributed by atoms with Gasteiger partial charge in [-0.05, 0) is 11.4 Å². The van der Waals surface area contributed by atoms with Crippen LogP contribution < -0.4 is 5.32 Å². The second kappa shape index (κ2) is 8.29. The Hall–Kier alpha value is -1.84. The zero-order valence-electron chi connectivity index (χ0n) is 10.6. The topological polar surface area (TPSA) is 75.6 Å². The highest BCUT2D eigenvalue weighted by molar-refractivity contribution is 7.12. The molecule has 0 aliphatic heterocycles. The molecule has 2 N–H and O–H groups in total. The number of thiophene rings is 1. The Balaban J connectivity index is 2.56. The van der Waals surface area contributed by atoms with Crippen molar-refractivity contribution in [2.45, 2.75) is 12.8 Å². The van der Waals surface area contributed by atoms with E-state index in [0.29, 0.717) is 16.9 Å². The Bertz CT molecular complexity index is 498. The third-order valence-electron chi connectivity index (χ3n) is 2.17. The van der Waals surface area contributed by atoms with Gasteiger partial charge in [0.15, 0.2) is 0 Å². The molecule has 0 saturated carbocycles. The van der Waals surface area contributed by atoms with Gasteiger partial charge in [0, 0.05) is 18.5 Å². The monoisotopic (exact) mass is 281 g/mol. The van der Waals surface area contributed by atoms with Gasteiger partial charge in [0.1, 0.15) is 4.88 Å². The third-order valence-corrected chi connectivity index (χ3v) is 3.09. The molecule has 0 aliphatic rings. The minimum atomic E-state index is -0.366. The molecule has 19 heavy (non-hydrogen) atoms. The standard InChI is InChI=1S/C13H15NO4S/c1-18-11(16)5-7-14-13(17)12-10(6-9-19-12)4-2-3-8-15/h6,9,15H,3,5,7-8H2,1H3,(H,14,17). The molecule has 0 saturated heterocycles. The molecule has 0 bridgehead atoms. The summed E-state index contributed by atoms with van der Waals surface area (Å²) in [4.78, 5) is 23.3. The molecule has 0 atom stereocenters. The van der Waals surface area contributed by atoms with Crippen molar-refractivity contribution in [1.29, 1.82) is 0 Å². The molecular weight excluding hydrogens is 266 g/mol. The van der Waals surface area contributed by atoms with E-state index in [1.54, 1.807) is 11.4 Å². The average Bonchev–Trinajstić information content (AvgIpc) is 2.87. The molecule has 1 rings (SSSR count). The Morgan fingerprint density at radius 3 is 3.00 bits per heavy atom. The van der Waals surface area contributed by atoms with Crippen LogP contribution in [0, 0.1) is 11.8 Å². The summed E-state index contributed by atoms with van der Waals surface area (Å²) in [6.07, 6.45) is 0.512. The molecule has 0 aliphatic carbocycles. The van der Waals surface area contributed by atoms with E-state index < -0.39 is 0 Å². The van der Waals surface area contributed by atoms with Gasteiger partial charge in [0.05, 0.1) is 20.1 Å². The van der Waals surface area contributed by atoms with Crippen LogP contribution in [0.15, 0.2) is 11.4 Å². The summed E-state index contributed by atoms with van der Waals surface area (Å²) in [6, 6.07) is 1.75. The summed E-state index contributed by atoms with van der Waals surface area (Å²) >= 11 is 1.29. The predicted molar refractivity (Wildman–Crippen MR) is 71.9 cm³/mol. The number of carbonyl (C=O) groups excluding carboxylic acids is 2. The molecule has 0 fully saturated rings. The highest BCUT2D eigenvalue weighted by Gasteiger charge is 2.12. The summed E-state index contributed by atoms with van der Waals surface area (Å²) in [5.74, 6) is 4.98. The number of carbonyl (C=O) groups is 2. The summed E-state index contributed by atoms with van der Waals surface area (Å²) in [7, 11) is 1.30. The number of rotatable bonds is 5. The lowest BCUT2D eigenvalue weighted by Gasteiger charge is -2.03. The van der Waals surface area contributed by atoms with Gasteiger partial charge < -0.3 is 15.2 Å². The molecular formula is C13H15NO4S. The van der Waals surface area contributed by atoms with Gasteiger partial charge in [0.2, 0.25) is 0 Å². The van der Waals surface area contributed by atoms with Gasteiger partial charge in [-0.2, -0.15) is 0 Å². The number of aliphatic hydroxyl groups is 1. The molecule has 1 amide bonds. The molecule has 0 spiro atoms. The van der Waals surface area contributed by atoms with Crippen LogP contribution in [0.1, 0.15) is 28.1 Å². The minimum absolute atomic E-state index is 0.00219. The average molecular weight is 281 g/mol. The number of hydrogen-bond acceptors (Lipinski definition) is 5. The largest absolute Gasteiger partial charge is 0.469 e. The van der Waals surface area contributed by atoms with Crippen molar-refractivity contribution in [3.63, 3.8) is 0 Å². The van der Waals surface area contributed by atoms with Crippen LogP contribution in [0.3, 0.4) is 0 Å². The molecule has 1 heterocycles. The van der Waals surface area contributed by atoms with Crippen LogP contribution in [0.2, 0.25) is 0 Å². The summed E-state index contributed by atoms with van der Waals surface area (Å²) in [6.45, 7) is 0.227. The zero-order valence-corrected chi connectivity index (χ0v) is 11.4. The van der Waals surface area contributed by atoms with E-state index in [0.717, 1.165) is 0 Å². The van der Waals surface area contributed by atoms with Crippen LogP contribution in [-0.4, -0.2) is 37.2 Å². The van der Waals surface area contributed by atoms with Gasteiger partial charge in [-0.3, -0.25) is 9.59 Å². The fourth-order valence-electron chi connectivity index (χ4n) is 1.26. The minimum Gasteiger partial charge on any atom is -0.469 e. The van der Waals surface area contributed by atoms with E-state index in [1.807, 2.05) is 0 Å².